The first-order valence-electron chi connectivity index (χ1n) is 8.64. The van der Waals surface area contributed by atoms with Crippen LogP contribution in [0.15, 0.2) is 59.8 Å². The van der Waals surface area contributed by atoms with E-state index in [1.807, 2.05) is 49.4 Å². The summed E-state index contributed by atoms with van der Waals surface area (Å²) in [6.45, 7) is 4.10. The Bertz CT molecular complexity index is 846. The third-order valence-electron chi connectivity index (χ3n) is 4.11. The lowest BCUT2D eigenvalue weighted by Gasteiger charge is -2.13. The molecule has 0 unspecified atom stereocenters. The molecule has 0 fully saturated rings. The Morgan fingerprint density at radius 2 is 1.88 bits per heavy atom. The molecule has 134 valence electrons. The van der Waals surface area contributed by atoms with E-state index in [1.54, 1.807) is 0 Å². The number of aromatic amines is 1. The standard InChI is InChI=1S/C20H22N4OS/c1-3-15-9-11-17(12-10-15)19-22-20(24-23-19)26-13-18(25)21-14(2)16-7-5-4-6-8-16/h4-12,14H,3,13H2,1-2H3,(H,21,25)(H,22,23,24)/t14-/m0/s1. The maximum absolute atomic E-state index is 12.1. The molecule has 0 spiro atoms. The van der Waals surface area contributed by atoms with Crippen LogP contribution in [0.5, 0.6) is 0 Å². The van der Waals surface area contributed by atoms with Crippen molar-refractivity contribution in [1.82, 2.24) is 20.5 Å². The van der Waals surface area contributed by atoms with Gasteiger partial charge < -0.3 is 5.32 Å². The van der Waals surface area contributed by atoms with Crippen molar-refractivity contribution in [1.29, 1.82) is 0 Å². The molecule has 2 aromatic carbocycles. The fraction of sp³-hybridized carbons (Fsp3) is 0.250. The maximum Gasteiger partial charge on any atom is 0.230 e. The summed E-state index contributed by atoms with van der Waals surface area (Å²) in [5.74, 6) is 0.960. The van der Waals surface area contributed by atoms with E-state index in [-0.39, 0.29) is 17.7 Å². The van der Waals surface area contributed by atoms with Crippen LogP contribution in [-0.4, -0.2) is 26.8 Å². The Hall–Kier alpha value is -2.60. The number of carbonyl (C=O) groups excluding carboxylic acids is 1. The van der Waals surface area contributed by atoms with Crippen LogP contribution in [0, 0.1) is 0 Å². The molecule has 0 radical (unpaired) electrons. The Morgan fingerprint density at radius 1 is 1.15 bits per heavy atom. The zero-order chi connectivity index (χ0) is 18.4. The quantitative estimate of drug-likeness (QED) is 0.620. The van der Waals surface area contributed by atoms with E-state index >= 15 is 0 Å². The van der Waals surface area contributed by atoms with E-state index in [0.29, 0.717) is 11.0 Å². The molecular formula is C20H22N4OS. The van der Waals surface area contributed by atoms with Crippen molar-refractivity contribution in [3.05, 3.63) is 65.7 Å². The van der Waals surface area contributed by atoms with Gasteiger partial charge in [0.15, 0.2) is 5.82 Å². The lowest BCUT2D eigenvalue weighted by Crippen LogP contribution is -2.28. The fourth-order valence-corrected chi connectivity index (χ4v) is 3.19. The van der Waals surface area contributed by atoms with Crippen LogP contribution in [0.3, 0.4) is 0 Å². The van der Waals surface area contributed by atoms with Gasteiger partial charge in [-0.2, -0.15) is 0 Å². The van der Waals surface area contributed by atoms with Crippen molar-refractivity contribution in [2.75, 3.05) is 5.75 Å². The topological polar surface area (TPSA) is 70.7 Å². The van der Waals surface area contributed by atoms with Crippen LogP contribution in [0.4, 0.5) is 0 Å². The van der Waals surface area contributed by atoms with Gasteiger partial charge in [-0.3, -0.25) is 9.89 Å². The molecule has 0 saturated carbocycles. The highest BCUT2D eigenvalue weighted by atomic mass is 32.2. The summed E-state index contributed by atoms with van der Waals surface area (Å²) in [7, 11) is 0. The smallest absolute Gasteiger partial charge is 0.230 e. The number of H-pyrrole nitrogens is 1. The average Bonchev–Trinajstić information content (AvgIpc) is 3.16. The second-order valence-corrected chi connectivity index (χ2v) is 6.95. The van der Waals surface area contributed by atoms with E-state index in [1.165, 1.54) is 17.3 Å². The number of aryl methyl sites for hydroxylation is 1. The summed E-state index contributed by atoms with van der Waals surface area (Å²) in [5, 5.41) is 10.7. The van der Waals surface area contributed by atoms with Crippen molar-refractivity contribution in [3.63, 3.8) is 0 Å². The monoisotopic (exact) mass is 366 g/mol. The summed E-state index contributed by atoms with van der Waals surface area (Å²) >= 11 is 1.32. The number of nitrogens with one attached hydrogen (secondary N) is 2. The molecule has 0 saturated heterocycles. The number of amides is 1. The molecule has 1 aromatic heterocycles. The number of nitrogens with zero attached hydrogens (tertiary/aromatic N) is 2. The predicted molar refractivity (Wildman–Crippen MR) is 105 cm³/mol. The van der Waals surface area contributed by atoms with Gasteiger partial charge in [0.05, 0.1) is 11.8 Å². The highest BCUT2D eigenvalue weighted by molar-refractivity contribution is 7.99. The Kier molecular flexibility index (Phi) is 6.07. The van der Waals surface area contributed by atoms with Crippen molar-refractivity contribution in [3.8, 4) is 11.4 Å². The zero-order valence-electron chi connectivity index (χ0n) is 14.9. The van der Waals surface area contributed by atoms with E-state index < -0.39 is 0 Å². The normalized spacial score (nSPS) is 11.9. The molecule has 0 aliphatic rings. The molecule has 0 aliphatic carbocycles. The van der Waals surface area contributed by atoms with E-state index in [2.05, 4.69) is 39.6 Å². The minimum atomic E-state index is -0.0370. The van der Waals surface area contributed by atoms with E-state index in [4.69, 9.17) is 0 Å². The number of hydrogen-bond donors (Lipinski definition) is 2. The van der Waals surface area contributed by atoms with Gasteiger partial charge in [0.2, 0.25) is 11.1 Å². The molecule has 5 nitrogen and oxygen atoms in total. The minimum absolute atomic E-state index is 0.0240. The molecule has 26 heavy (non-hydrogen) atoms. The summed E-state index contributed by atoms with van der Waals surface area (Å²) in [6, 6.07) is 18.1. The molecule has 1 heterocycles. The molecule has 0 bridgehead atoms. The zero-order valence-corrected chi connectivity index (χ0v) is 15.7. The lowest BCUT2D eigenvalue weighted by molar-refractivity contribution is -0.119. The Balaban J connectivity index is 1.53. The lowest BCUT2D eigenvalue weighted by atomic mass is 10.1. The van der Waals surface area contributed by atoms with Gasteiger partial charge in [0, 0.05) is 5.56 Å². The fourth-order valence-electron chi connectivity index (χ4n) is 2.58. The van der Waals surface area contributed by atoms with E-state index in [9.17, 15) is 4.79 Å². The SMILES string of the molecule is CCc1ccc(-c2nc(SCC(=O)N[C@@H](C)c3ccccc3)n[nH]2)cc1. The molecule has 1 amide bonds. The average molecular weight is 366 g/mol. The van der Waals surface area contributed by atoms with Crippen molar-refractivity contribution in [2.45, 2.75) is 31.5 Å². The molecule has 3 aromatic rings. The number of hydrogen-bond acceptors (Lipinski definition) is 4. The van der Waals surface area contributed by atoms with Gasteiger partial charge in [-0.05, 0) is 24.5 Å². The molecule has 0 aliphatic heterocycles. The summed E-state index contributed by atoms with van der Waals surface area (Å²) in [6.07, 6.45) is 1.01. The number of thioether (sulfide) groups is 1. The summed E-state index contributed by atoms with van der Waals surface area (Å²) in [5.41, 5.74) is 3.36. The van der Waals surface area contributed by atoms with Gasteiger partial charge in [0.1, 0.15) is 0 Å². The van der Waals surface area contributed by atoms with Crippen LogP contribution in [0.1, 0.15) is 31.0 Å². The van der Waals surface area contributed by atoms with Crippen LogP contribution in [-0.2, 0) is 11.2 Å². The molecule has 2 N–H and O–H groups in total. The number of aromatic nitrogens is 3. The van der Waals surface area contributed by atoms with Crippen molar-refractivity contribution in [2.24, 2.45) is 0 Å². The van der Waals surface area contributed by atoms with Crippen LogP contribution in [0.25, 0.3) is 11.4 Å². The summed E-state index contributed by atoms with van der Waals surface area (Å²) in [4.78, 5) is 16.6. The molecular weight excluding hydrogens is 344 g/mol. The second kappa shape index (κ2) is 8.67. The van der Waals surface area contributed by atoms with Gasteiger partial charge in [-0.15, -0.1) is 5.10 Å². The first-order chi connectivity index (χ1) is 12.7. The first-order valence-corrected chi connectivity index (χ1v) is 9.63. The third-order valence-corrected chi connectivity index (χ3v) is 4.96. The van der Waals surface area contributed by atoms with Crippen LogP contribution >= 0.6 is 11.8 Å². The summed E-state index contributed by atoms with van der Waals surface area (Å²) < 4.78 is 0. The predicted octanol–water partition coefficient (Wildman–Crippen LogP) is 4.00. The van der Waals surface area contributed by atoms with E-state index in [0.717, 1.165) is 17.5 Å². The second-order valence-electron chi connectivity index (χ2n) is 6.01. The molecule has 6 heteroatoms. The Morgan fingerprint density at radius 3 is 2.58 bits per heavy atom. The highest BCUT2D eigenvalue weighted by Crippen LogP contribution is 2.20. The molecule has 1 atom stereocenters. The van der Waals surface area contributed by atoms with Crippen molar-refractivity contribution >= 4 is 17.7 Å². The van der Waals surface area contributed by atoms with Crippen LogP contribution in [0.2, 0.25) is 0 Å². The minimum Gasteiger partial charge on any atom is -0.349 e. The number of benzene rings is 2. The van der Waals surface area contributed by atoms with Gasteiger partial charge in [-0.25, -0.2) is 4.98 Å². The molecule has 3 rings (SSSR count). The number of carbonyl (C=O) groups is 1. The highest BCUT2D eigenvalue weighted by Gasteiger charge is 2.12. The maximum atomic E-state index is 12.1. The first kappa shape index (κ1) is 18.2. The van der Waals surface area contributed by atoms with Gasteiger partial charge in [-0.1, -0.05) is 73.3 Å². The Labute approximate surface area is 157 Å². The van der Waals surface area contributed by atoms with Crippen molar-refractivity contribution < 1.29 is 4.79 Å². The largest absolute Gasteiger partial charge is 0.349 e. The van der Waals surface area contributed by atoms with Crippen LogP contribution < -0.4 is 5.32 Å². The third kappa shape index (κ3) is 4.73. The number of rotatable bonds is 7. The van der Waals surface area contributed by atoms with Gasteiger partial charge in [0.25, 0.3) is 0 Å². The van der Waals surface area contributed by atoms with Gasteiger partial charge >= 0.3 is 0 Å².